The molecular weight excluding hydrogens is 378 g/mol. The lowest BCUT2D eigenvalue weighted by Gasteiger charge is -2.24. The Morgan fingerprint density at radius 2 is 1.78 bits per heavy atom. The van der Waals surface area contributed by atoms with E-state index in [9.17, 15) is 20.0 Å². The predicted molar refractivity (Wildman–Crippen MR) is 97.1 cm³/mol. The van der Waals surface area contributed by atoms with E-state index < -0.39 is 19.7 Å². The molecule has 0 aromatic heterocycles. The van der Waals surface area contributed by atoms with Gasteiger partial charge in [0.25, 0.3) is 5.69 Å². The molecule has 0 heterocycles. The number of hydrogen-bond donors (Lipinski definition) is 1. The van der Waals surface area contributed by atoms with Crippen LogP contribution < -0.4 is 4.74 Å². The molecule has 0 aliphatic heterocycles. The Balaban J connectivity index is 2.67. The highest BCUT2D eigenvalue weighted by Gasteiger charge is 2.36. The van der Waals surface area contributed by atoms with Crippen molar-refractivity contribution in [3.8, 4) is 5.75 Å². The van der Waals surface area contributed by atoms with Crippen LogP contribution >= 0.6 is 0 Å². The van der Waals surface area contributed by atoms with Crippen LogP contribution in [0.4, 0.5) is 5.69 Å². The Kier molecular flexibility index (Phi) is 9.32. The lowest BCUT2D eigenvalue weighted by molar-refractivity contribution is -0.386. The van der Waals surface area contributed by atoms with Gasteiger partial charge in [0.05, 0.1) is 30.3 Å². The van der Waals surface area contributed by atoms with Crippen molar-refractivity contribution >= 4 is 20.5 Å². The number of carboxylic acid groups (broad SMARTS) is 1. The van der Waals surface area contributed by atoms with Crippen LogP contribution in [-0.4, -0.2) is 59.8 Å². The molecule has 0 saturated carbocycles. The second-order valence-electron chi connectivity index (χ2n) is 5.55. The number of carboxylic acids is 1. The molecule has 1 aromatic rings. The van der Waals surface area contributed by atoms with E-state index in [0.29, 0.717) is 19.1 Å². The fourth-order valence-electron chi connectivity index (χ4n) is 2.52. The molecule has 1 N–H and O–H groups in total. The second kappa shape index (κ2) is 10.9. The van der Waals surface area contributed by atoms with Crippen LogP contribution in [0.5, 0.6) is 5.75 Å². The highest BCUT2D eigenvalue weighted by atomic mass is 28.4. The molecular formula is C16H25NO9Si. The maximum absolute atomic E-state index is 11.3. The van der Waals surface area contributed by atoms with Gasteiger partial charge in [-0.05, 0) is 18.9 Å². The van der Waals surface area contributed by atoms with Gasteiger partial charge in [0.1, 0.15) is 11.3 Å². The van der Waals surface area contributed by atoms with Gasteiger partial charge in [0.2, 0.25) is 0 Å². The first kappa shape index (κ1) is 23.0. The van der Waals surface area contributed by atoms with E-state index in [4.69, 9.17) is 22.8 Å². The number of carbonyl (C=O) groups is 1. The van der Waals surface area contributed by atoms with Crippen LogP contribution in [0.15, 0.2) is 12.1 Å². The van der Waals surface area contributed by atoms with Gasteiger partial charge in [0, 0.05) is 34.0 Å². The monoisotopic (exact) mass is 403 g/mol. The largest absolute Gasteiger partial charge is 0.500 e. The number of hydrogen-bond acceptors (Lipinski definition) is 8. The predicted octanol–water partition coefficient (Wildman–Crippen LogP) is 2.48. The molecule has 1 aromatic carbocycles. The molecule has 0 bridgehead atoms. The van der Waals surface area contributed by atoms with Crippen molar-refractivity contribution in [1.29, 1.82) is 0 Å². The number of unbranched alkanes of at least 4 members (excludes halogenated alkanes) is 1. The van der Waals surface area contributed by atoms with Crippen molar-refractivity contribution in [2.24, 2.45) is 0 Å². The van der Waals surface area contributed by atoms with Crippen molar-refractivity contribution in [2.45, 2.75) is 25.5 Å². The average Bonchev–Trinajstić information content (AvgIpc) is 2.67. The zero-order valence-corrected chi connectivity index (χ0v) is 16.9. The standard InChI is InChI=1S/C16H25NO9Si/c1-22-15-10-14(17(20)21)12(9-13(15)16(18)19)11-26-7-5-6-8-27(23-2,24-3)25-4/h9-10H,5-8,11H2,1-4H3,(H,18,19). The van der Waals surface area contributed by atoms with Crippen LogP contribution in [0.3, 0.4) is 0 Å². The maximum Gasteiger partial charge on any atom is 0.500 e. The van der Waals surface area contributed by atoms with Gasteiger partial charge in [-0.25, -0.2) is 4.79 Å². The second-order valence-corrected chi connectivity index (χ2v) is 8.64. The minimum absolute atomic E-state index is 0.0713. The molecule has 0 saturated heterocycles. The highest BCUT2D eigenvalue weighted by Crippen LogP contribution is 2.29. The number of benzene rings is 1. The van der Waals surface area contributed by atoms with Gasteiger partial charge < -0.3 is 27.9 Å². The molecule has 0 radical (unpaired) electrons. The van der Waals surface area contributed by atoms with Crippen LogP contribution in [0.25, 0.3) is 0 Å². The topological polar surface area (TPSA) is 127 Å². The number of nitro groups is 1. The van der Waals surface area contributed by atoms with Crippen molar-refractivity contribution in [2.75, 3.05) is 35.0 Å². The molecule has 0 aliphatic carbocycles. The molecule has 10 nitrogen and oxygen atoms in total. The third-order valence-corrected chi connectivity index (χ3v) is 6.87. The molecule has 0 atom stereocenters. The van der Waals surface area contributed by atoms with Crippen LogP contribution in [0.1, 0.15) is 28.8 Å². The van der Waals surface area contributed by atoms with Crippen molar-refractivity contribution in [3.63, 3.8) is 0 Å². The van der Waals surface area contributed by atoms with Crippen molar-refractivity contribution < 1.29 is 37.6 Å². The molecule has 27 heavy (non-hydrogen) atoms. The normalized spacial score (nSPS) is 11.4. The Morgan fingerprint density at radius 1 is 1.15 bits per heavy atom. The summed E-state index contributed by atoms with van der Waals surface area (Å²) in [5.41, 5.74) is -0.230. The van der Waals surface area contributed by atoms with Gasteiger partial charge in [-0.1, -0.05) is 0 Å². The first-order chi connectivity index (χ1) is 12.8. The number of methoxy groups -OCH3 is 1. The first-order valence-corrected chi connectivity index (χ1v) is 10.1. The lowest BCUT2D eigenvalue weighted by Crippen LogP contribution is -2.42. The third-order valence-electron chi connectivity index (χ3n) is 4.04. The summed E-state index contributed by atoms with van der Waals surface area (Å²) in [5.74, 6) is -1.30. The number of nitro benzene ring substituents is 1. The number of ether oxygens (including phenoxy) is 2. The summed E-state index contributed by atoms with van der Waals surface area (Å²) in [6, 6.07) is 2.92. The smallest absolute Gasteiger partial charge is 0.496 e. The Morgan fingerprint density at radius 3 is 2.26 bits per heavy atom. The summed E-state index contributed by atoms with van der Waals surface area (Å²) >= 11 is 0. The quantitative estimate of drug-likeness (QED) is 0.229. The molecule has 0 aliphatic rings. The van der Waals surface area contributed by atoms with Gasteiger partial charge in [-0.3, -0.25) is 10.1 Å². The number of rotatable bonds is 13. The van der Waals surface area contributed by atoms with Crippen LogP contribution in [0, 0.1) is 10.1 Å². The first-order valence-electron chi connectivity index (χ1n) is 8.16. The maximum atomic E-state index is 11.3. The minimum atomic E-state index is -2.62. The zero-order chi connectivity index (χ0) is 20.4. The summed E-state index contributed by atoms with van der Waals surface area (Å²) < 4.78 is 26.4. The van der Waals surface area contributed by atoms with E-state index in [1.165, 1.54) is 13.2 Å². The SMILES string of the molecule is COc1cc([N+](=O)[O-])c(COCCCC[Si](OC)(OC)OC)cc1C(=O)O. The van der Waals surface area contributed by atoms with E-state index in [-0.39, 0.29) is 29.2 Å². The molecule has 11 heteroatoms. The molecule has 1 rings (SSSR count). The summed E-state index contributed by atoms with van der Waals surface area (Å²) in [5, 5.41) is 20.4. The Labute approximate surface area is 158 Å². The van der Waals surface area contributed by atoms with Crippen molar-refractivity contribution in [1.82, 2.24) is 0 Å². The Bertz CT molecular complexity index is 641. The van der Waals surface area contributed by atoms with Crippen LogP contribution in [-0.2, 0) is 24.6 Å². The lowest BCUT2D eigenvalue weighted by atomic mass is 10.1. The van der Waals surface area contributed by atoms with E-state index in [0.717, 1.165) is 12.5 Å². The summed E-state index contributed by atoms with van der Waals surface area (Å²) in [7, 11) is 3.26. The molecule has 0 unspecified atom stereocenters. The number of aromatic carboxylic acids is 1. The number of nitrogens with zero attached hydrogens (tertiary/aromatic N) is 1. The van der Waals surface area contributed by atoms with E-state index in [1.54, 1.807) is 21.3 Å². The minimum Gasteiger partial charge on any atom is -0.496 e. The fraction of sp³-hybridized carbons (Fsp3) is 0.562. The van der Waals surface area contributed by atoms with Gasteiger partial charge in [-0.15, -0.1) is 0 Å². The summed E-state index contributed by atoms with van der Waals surface area (Å²) in [4.78, 5) is 21.9. The molecule has 0 spiro atoms. The summed E-state index contributed by atoms with van der Waals surface area (Å²) in [6.07, 6.45) is 1.40. The zero-order valence-electron chi connectivity index (χ0n) is 15.9. The van der Waals surface area contributed by atoms with Gasteiger partial charge in [-0.2, -0.15) is 0 Å². The average molecular weight is 403 g/mol. The molecule has 0 amide bonds. The van der Waals surface area contributed by atoms with E-state index in [1.807, 2.05) is 0 Å². The Hall–Kier alpha value is -2.05. The highest BCUT2D eigenvalue weighted by molar-refractivity contribution is 6.60. The van der Waals surface area contributed by atoms with E-state index in [2.05, 4.69) is 0 Å². The fourth-order valence-corrected chi connectivity index (χ4v) is 4.31. The van der Waals surface area contributed by atoms with Gasteiger partial charge >= 0.3 is 14.8 Å². The molecule has 152 valence electrons. The summed E-state index contributed by atoms with van der Waals surface area (Å²) in [6.45, 7) is 0.259. The van der Waals surface area contributed by atoms with Gasteiger partial charge in [0.15, 0.2) is 0 Å². The van der Waals surface area contributed by atoms with Crippen molar-refractivity contribution in [3.05, 3.63) is 33.4 Å². The molecule has 0 fully saturated rings. The van der Waals surface area contributed by atoms with Crippen LogP contribution in [0.2, 0.25) is 6.04 Å². The van der Waals surface area contributed by atoms with E-state index >= 15 is 0 Å². The third kappa shape index (κ3) is 6.25.